The van der Waals surface area contributed by atoms with Crippen LogP contribution in [-0.4, -0.2) is 59.0 Å². The predicted octanol–water partition coefficient (Wildman–Crippen LogP) is 2.73. The SMILES string of the molecule is COc1cncc(N2CCN(C(=O)c3cccnc3Nc3cccc(F)c3)CC2)n1. The number of methoxy groups -OCH3 is 1. The maximum atomic E-state index is 13.5. The third kappa shape index (κ3) is 4.29. The third-order valence-corrected chi connectivity index (χ3v) is 4.83. The van der Waals surface area contributed by atoms with E-state index in [1.165, 1.54) is 12.1 Å². The van der Waals surface area contributed by atoms with E-state index in [1.54, 1.807) is 54.9 Å². The molecule has 0 bridgehead atoms. The lowest BCUT2D eigenvalue weighted by Gasteiger charge is -2.35. The minimum atomic E-state index is -0.361. The van der Waals surface area contributed by atoms with E-state index in [2.05, 4.69) is 25.2 Å². The van der Waals surface area contributed by atoms with Crippen LogP contribution < -0.4 is 15.0 Å². The number of hydrogen-bond acceptors (Lipinski definition) is 7. The molecular weight excluding hydrogens is 387 g/mol. The number of carbonyl (C=O) groups is 1. The molecular formula is C21H21FN6O2. The molecule has 0 atom stereocenters. The summed E-state index contributed by atoms with van der Waals surface area (Å²) in [5.74, 6) is 1.08. The van der Waals surface area contributed by atoms with Crippen LogP contribution in [0.4, 0.5) is 21.7 Å². The molecule has 3 aromatic rings. The number of piperazine rings is 1. The molecule has 2 aromatic heterocycles. The molecule has 0 spiro atoms. The van der Waals surface area contributed by atoms with Gasteiger partial charge in [0, 0.05) is 38.1 Å². The molecule has 0 aliphatic carbocycles. The fourth-order valence-electron chi connectivity index (χ4n) is 3.28. The number of amides is 1. The second-order valence-corrected chi connectivity index (χ2v) is 6.73. The van der Waals surface area contributed by atoms with Crippen LogP contribution in [0.15, 0.2) is 55.0 Å². The highest BCUT2D eigenvalue weighted by atomic mass is 19.1. The summed E-state index contributed by atoms with van der Waals surface area (Å²) in [5.41, 5.74) is 0.973. The Morgan fingerprint density at radius 1 is 1.13 bits per heavy atom. The maximum absolute atomic E-state index is 13.5. The number of pyridine rings is 1. The average molecular weight is 408 g/mol. The van der Waals surface area contributed by atoms with Gasteiger partial charge in [-0.3, -0.25) is 9.78 Å². The molecule has 154 valence electrons. The van der Waals surface area contributed by atoms with Gasteiger partial charge < -0.3 is 19.9 Å². The minimum Gasteiger partial charge on any atom is -0.480 e. The number of ether oxygens (including phenoxy) is 1. The first-order valence-corrected chi connectivity index (χ1v) is 9.52. The second kappa shape index (κ2) is 8.73. The fraction of sp³-hybridized carbons (Fsp3) is 0.238. The van der Waals surface area contributed by atoms with Gasteiger partial charge in [0.2, 0.25) is 5.88 Å². The van der Waals surface area contributed by atoms with E-state index in [9.17, 15) is 9.18 Å². The molecule has 1 fully saturated rings. The first-order chi connectivity index (χ1) is 14.6. The number of nitrogens with zero attached hydrogens (tertiary/aromatic N) is 5. The molecule has 8 nitrogen and oxygen atoms in total. The summed E-state index contributed by atoms with van der Waals surface area (Å²) in [7, 11) is 1.55. The Kier molecular flexibility index (Phi) is 5.69. The van der Waals surface area contributed by atoms with Crippen molar-refractivity contribution < 1.29 is 13.9 Å². The number of hydrogen-bond donors (Lipinski definition) is 1. The molecule has 4 rings (SSSR count). The lowest BCUT2D eigenvalue weighted by molar-refractivity contribution is 0.0747. The van der Waals surface area contributed by atoms with Crippen molar-refractivity contribution in [3.8, 4) is 5.88 Å². The predicted molar refractivity (Wildman–Crippen MR) is 111 cm³/mol. The van der Waals surface area contributed by atoms with Gasteiger partial charge in [-0.05, 0) is 30.3 Å². The van der Waals surface area contributed by atoms with Crippen molar-refractivity contribution in [3.05, 3.63) is 66.4 Å². The van der Waals surface area contributed by atoms with Crippen molar-refractivity contribution in [2.24, 2.45) is 0 Å². The number of carbonyl (C=O) groups excluding carboxylic acids is 1. The number of aromatic nitrogens is 3. The fourth-order valence-corrected chi connectivity index (χ4v) is 3.28. The van der Waals surface area contributed by atoms with Gasteiger partial charge in [0.25, 0.3) is 5.91 Å². The van der Waals surface area contributed by atoms with E-state index in [1.807, 2.05) is 0 Å². The molecule has 9 heteroatoms. The Balaban J connectivity index is 1.45. The summed E-state index contributed by atoms with van der Waals surface area (Å²) in [5, 5.41) is 3.04. The average Bonchev–Trinajstić information content (AvgIpc) is 2.79. The topological polar surface area (TPSA) is 83.5 Å². The summed E-state index contributed by atoms with van der Waals surface area (Å²) >= 11 is 0. The van der Waals surface area contributed by atoms with Gasteiger partial charge >= 0.3 is 0 Å². The standard InChI is InChI=1S/C21H21FN6O2/c1-30-19-14-23-13-18(26-19)27-8-10-28(11-9-27)21(29)17-6-3-7-24-20(17)25-16-5-2-4-15(22)12-16/h2-7,12-14H,8-11H2,1H3,(H,24,25). The van der Waals surface area contributed by atoms with Crippen LogP contribution >= 0.6 is 0 Å². The third-order valence-electron chi connectivity index (χ3n) is 4.83. The monoisotopic (exact) mass is 408 g/mol. The van der Waals surface area contributed by atoms with Crippen molar-refractivity contribution >= 4 is 23.2 Å². The molecule has 0 radical (unpaired) electrons. The largest absolute Gasteiger partial charge is 0.480 e. The molecule has 1 aliphatic heterocycles. The highest BCUT2D eigenvalue weighted by Crippen LogP contribution is 2.22. The van der Waals surface area contributed by atoms with E-state index < -0.39 is 0 Å². The first-order valence-electron chi connectivity index (χ1n) is 9.52. The normalized spacial score (nSPS) is 13.8. The Morgan fingerprint density at radius 3 is 2.73 bits per heavy atom. The molecule has 0 unspecified atom stereocenters. The lowest BCUT2D eigenvalue weighted by Crippen LogP contribution is -2.49. The van der Waals surface area contributed by atoms with Crippen molar-refractivity contribution in [2.45, 2.75) is 0 Å². The number of halogens is 1. The first kappa shape index (κ1) is 19.6. The van der Waals surface area contributed by atoms with E-state index >= 15 is 0 Å². The van der Waals surface area contributed by atoms with Gasteiger partial charge in [-0.2, -0.15) is 4.98 Å². The molecule has 1 amide bonds. The smallest absolute Gasteiger partial charge is 0.257 e. The molecule has 1 N–H and O–H groups in total. The van der Waals surface area contributed by atoms with Crippen LogP contribution in [0.2, 0.25) is 0 Å². The van der Waals surface area contributed by atoms with Crippen LogP contribution in [-0.2, 0) is 0 Å². The Morgan fingerprint density at radius 2 is 1.97 bits per heavy atom. The molecule has 1 aromatic carbocycles. The minimum absolute atomic E-state index is 0.127. The van der Waals surface area contributed by atoms with Crippen LogP contribution in [0.3, 0.4) is 0 Å². The highest BCUT2D eigenvalue weighted by molar-refractivity contribution is 5.99. The highest BCUT2D eigenvalue weighted by Gasteiger charge is 2.25. The number of anilines is 3. The maximum Gasteiger partial charge on any atom is 0.257 e. The van der Waals surface area contributed by atoms with Gasteiger partial charge in [-0.15, -0.1) is 0 Å². The van der Waals surface area contributed by atoms with Gasteiger partial charge in [0.1, 0.15) is 11.6 Å². The van der Waals surface area contributed by atoms with E-state index in [4.69, 9.17) is 4.74 Å². The summed E-state index contributed by atoms with van der Waals surface area (Å²) in [4.78, 5) is 29.8. The zero-order chi connectivity index (χ0) is 20.9. The zero-order valence-electron chi connectivity index (χ0n) is 16.5. The second-order valence-electron chi connectivity index (χ2n) is 6.73. The molecule has 30 heavy (non-hydrogen) atoms. The Hall–Kier alpha value is -3.75. The zero-order valence-corrected chi connectivity index (χ0v) is 16.5. The van der Waals surface area contributed by atoms with E-state index in [0.717, 1.165) is 5.82 Å². The van der Waals surface area contributed by atoms with Crippen LogP contribution in [0.5, 0.6) is 5.88 Å². The van der Waals surface area contributed by atoms with Crippen molar-refractivity contribution in [1.82, 2.24) is 19.9 Å². The summed E-state index contributed by atoms with van der Waals surface area (Å²) < 4.78 is 18.6. The number of nitrogens with one attached hydrogen (secondary N) is 1. The molecule has 0 saturated carbocycles. The van der Waals surface area contributed by atoms with Crippen molar-refractivity contribution in [1.29, 1.82) is 0 Å². The molecule has 1 saturated heterocycles. The Labute approximate surface area is 173 Å². The van der Waals surface area contributed by atoms with Crippen LogP contribution in [0.25, 0.3) is 0 Å². The van der Waals surface area contributed by atoms with Gasteiger partial charge in [-0.1, -0.05) is 6.07 Å². The van der Waals surface area contributed by atoms with Crippen LogP contribution in [0, 0.1) is 5.82 Å². The van der Waals surface area contributed by atoms with Gasteiger partial charge in [-0.25, -0.2) is 9.37 Å². The van der Waals surface area contributed by atoms with Gasteiger partial charge in [0.15, 0.2) is 5.82 Å². The molecule has 3 heterocycles. The summed E-state index contributed by atoms with van der Waals surface area (Å²) in [6.45, 7) is 2.32. The lowest BCUT2D eigenvalue weighted by atomic mass is 10.2. The Bertz CT molecular complexity index is 1040. The van der Waals surface area contributed by atoms with E-state index in [0.29, 0.717) is 49.1 Å². The van der Waals surface area contributed by atoms with E-state index in [-0.39, 0.29) is 11.7 Å². The van der Waals surface area contributed by atoms with Crippen molar-refractivity contribution in [3.63, 3.8) is 0 Å². The summed E-state index contributed by atoms with van der Waals surface area (Å²) in [6, 6.07) is 9.48. The summed E-state index contributed by atoms with van der Waals surface area (Å²) in [6.07, 6.45) is 4.83. The quantitative estimate of drug-likeness (QED) is 0.695. The number of benzene rings is 1. The van der Waals surface area contributed by atoms with Gasteiger partial charge in [0.05, 0.1) is 25.1 Å². The molecule has 1 aliphatic rings. The van der Waals surface area contributed by atoms with Crippen molar-refractivity contribution in [2.75, 3.05) is 43.5 Å². The van der Waals surface area contributed by atoms with Crippen LogP contribution in [0.1, 0.15) is 10.4 Å². The number of rotatable bonds is 5.